The molecule has 1 atom stereocenters. The molecule has 0 aromatic carbocycles. The van der Waals surface area contributed by atoms with E-state index in [0.717, 1.165) is 12.8 Å². The quantitative estimate of drug-likeness (QED) is 0.643. The maximum absolute atomic E-state index is 11.6. The highest BCUT2D eigenvalue weighted by Crippen LogP contribution is 2.33. The average Bonchev–Trinajstić information content (AvgIpc) is 2.76. The van der Waals surface area contributed by atoms with Crippen molar-refractivity contribution in [3.63, 3.8) is 0 Å². The Morgan fingerprint density at radius 1 is 1.38 bits per heavy atom. The predicted molar refractivity (Wildman–Crippen MR) is 59.1 cm³/mol. The molecule has 0 bridgehead atoms. The van der Waals surface area contributed by atoms with Crippen molar-refractivity contribution in [2.24, 2.45) is 5.92 Å². The maximum atomic E-state index is 11.6. The van der Waals surface area contributed by atoms with Crippen LogP contribution in [0.4, 0.5) is 0 Å². The molecule has 3 N–H and O–H groups in total. The summed E-state index contributed by atoms with van der Waals surface area (Å²) in [5.41, 5.74) is -0.627. The van der Waals surface area contributed by atoms with Crippen LogP contribution >= 0.6 is 0 Å². The van der Waals surface area contributed by atoms with E-state index in [4.69, 9.17) is 5.11 Å². The molecular formula is C9H18N2O4S. The largest absolute Gasteiger partial charge is 0.480 e. The van der Waals surface area contributed by atoms with E-state index >= 15 is 0 Å². The summed E-state index contributed by atoms with van der Waals surface area (Å²) < 4.78 is 27.7. The van der Waals surface area contributed by atoms with Crippen molar-refractivity contribution in [3.05, 3.63) is 0 Å². The molecule has 0 aromatic heterocycles. The van der Waals surface area contributed by atoms with E-state index in [1.54, 1.807) is 20.8 Å². The molecular weight excluding hydrogens is 232 g/mol. The van der Waals surface area contributed by atoms with Crippen LogP contribution in [0.5, 0.6) is 0 Å². The Kier molecular flexibility index (Phi) is 3.61. The van der Waals surface area contributed by atoms with Crippen molar-refractivity contribution in [2.75, 3.05) is 0 Å². The van der Waals surface area contributed by atoms with Gasteiger partial charge in [0.1, 0.15) is 6.04 Å². The Bertz CT molecular complexity index is 367. The van der Waals surface area contributed by atoms with Crippen LogP contribution < -0.4 is 9.44 Å². The Hall–Kier alpha value is -0.660. The Morgan fingerprint density at radius 3 is 2.19 bits per heavy atom. The second-order valence-corrected chi connectivity index (χ2v) is 6.57. The molecule has 94 valence electrons. The third kappa shape index (κ3) is 4.46. The second-order valence-electron chi connectivity index (χ2n) is 5.13. The van der Waals surface area contributed by atoms with Crippen LogP contribution in [0.1, 0.15) is 33.6 Å². The lowest BCUT2D eigenvalue weighted by atomic mass is 10.1. The molecule has 1 unspecified atom stereocenters. The number of hydrogen-bond donors (Lipinski definition) is 3. The van der Waals surface area contributed by atoms with Crippen LogP contribution in [0.2, 0.25) is 0 Å². The molecule has 16 heavy (non-hydrogen) atoms. The van der Waals surface area contributed by atoms with Gasteiger partial charge in [-0.05, 0) is 39.5 Å². The Balaban J connectivity index is 2.66. The normalized spacial score (nSPS) is 19.4. The minimum Gasteiger partial charge on any atom is -0.480 e. The maximum Gasteiger partial charge on any atom is 0.322 e. The number of nitrogens with one attached hydrogen (secondary N) is 2. The van der Waals surface area contributed by atoms with Gasteiger partial charge in [0.25, 0.3) is 10.2 Å². The molecule has 1 saturated carbocycles. The fourth-order valence-corrected chi connectivity index (χ4v) is 2.87. The van der Waals surface area contributed by atoms with Crippen molar-refractivity contribution in [2.45, 2.75) is 45.2 Å². The summed E-state index contributed by atoms with van der Waals surface area (Å²) in [6.45, 7) is 5.08. The standard InChI is InChI=1S/C9H18N2O4S/c1-9(2,3)11-16(14,15)10-7(8(12)13)6-4-5-6/h6-7,10-11H,4-5H2,1-3H3,(H,12,13). The third-order valence-corrected chi connectivity index (χ3v) is 3.53. The molecule has 1 aliphatic rings. The molecule has 0 spiro atoms. The van der Waals surface area contributed by atoms with Gasteiger partial charge in [0, 0.05) is 5.54 Å². The number of hydrogen-bond acceptors (Lipinski definition) is 3. The number of rotatable bonds is 5. The summed E-state index contributed by atoms with van der Waals surface area (Å²) >= 11 is 0. The first kappa shape index (κ1) is 13.4. The van der Waals surface area contributed by atoms with E-state index in [9.17, 15) is 13.2 Å². The lowest BCUT2D eigenvalue weighted by molar-refractivity contribution is -0.139. The predicted octanol–water partition coefficient (Wildman–Crippen LogP) is 0.0721. The van der Waals surface area contributed by atoms with Gasteiger partial charge in [0.2, 0.25) is 0 Å². The Morgan fingerprint density at radius 2 is 1.88 bits per heavy atom. The van der Waals surface area contributed by atoms with Gasteiger partial charge in [-0.25, -0.2) is 0 Å². The molecule has 1 fully saturated rings. The first-order valence-electron chi connectivity index (χ1n) is 5.15. The van der Waals surface area contributed by atoms with Gasteiger partial charge in [-0.15, -0.1) is 0 Å². The van der Waals surface area contributed by atoms with Crippen molar-refractivity contribution in [1.82, 2.24) is 9.44 Å². The zero-order valence-electron chi connectivity index (χ0n) is 9.65. The monoisotopic (exact) mass is 250 g/mol. The highest BCUT2D eigenvalue weighted by atomic mass is 32.2. The van der Waals surface area contributed by atoms with Crippen LogP contribution in [-0.2, 0) is 15.0 Å². The van der Waals surface area contributed by atoms with Crippen LogP contribution in [0, 0.1) is 5.92 Å². The smallest absolute Gasteiger partial charge is 0.322 e. The summed E-state index contributed by atoms with van der Waals surface area (Å²) in [7, 11) is -3.77. The van der Waals surface area contributed by atoms with Crippen molar-refractivity contribution >= 4 is 16.2 Å². The number of carboxylic acid groups (broad SMARTS) is 1. The summed E-state index contributed by atoms with van der Waals surface area (Å²) in [5, 5.41) is 8.89. The minimum absolute atomic E-state index is 0.0750. The van der Waals surface area contributed by atoms with Gasteiger partial charge in [0.15, 0.2) is 0 Å². The van der Waals surface area contributed by atoms with Crippen molar-refractivity contribution in [3.8, 4) is 0 Å². The molecule has 0 aliphatic heterocycles. The van der Waals surface area contributed by atoms with E-state index < -0.39 is 27.8 Å². The summed E-state index contributed by atoms with van der Waals surface area (Å²) in [6, 6.07) is -1.01. The lowest BCUT2D eigenvalue weighted by Gasteiger charge is -2.22. The van der Waals surface area contributed by atoms with Gasteiger partial charge < -0.3 is 5.11 Å². The lowest BCUT2D eigenvalue weighted by Crippen LogP contribution is -2.52. The first-order valence-corrected chi connectivity index (χ1v) is 6.63. The van der Waals surface area contributed by atoms with E-state index in [1.807, 2.05) is 0 Å². The van der Waals surface area contributed by atoms with Crippen molar-refractivity contribution in [1.29, 1.82) is 0 Å². The van der Waals surface area contributed by atoms with Gasteiger partial charge in [-0.2, -0.15) is 17.9 Å². The van der Waals surface area contributed by atoms with E-state index in [2.05, 4.69) is 9.44 Å². The number of aliphatic carboxylic acids is 1. The highest BCUT2D eigenvalue weighted by molar-refractivity contribution is 7.87. The summed E-state index contributed by atoms with van der Waals surface area (Å²) in [4.78, 5) is 10.9. The highest BCUT2D eigenvalue weighted by Gasteiger charge is 2.39. The molecule has 0 radical (unpaired) electrons. The third-order valence-electron chi connectivity index (χ3n) is 2.08. The van der Waals surface area contributed by atoms with Gasteiger partial charge in [0.05, 0.1) is 0 Å². The molecule has 0 amide bonds. The minimum atomic E-state index is -3.77. The molecule has 7 heteroatoms. The number of carboxylic acids is 1. The molecule has 0 heterocycles. The van der Waals surface area contributed by atoms with Gasteiger partial charge >= 0.3 is 5.97 Å². The zero-order chi connectivity index (χ0) is 12.6. The molecule has 1 rings (SSSR count). The van der Waals surface area contributed by atoms with Crippen molar-refractivity contribution < 1.29 is 18.3 Å². The molecule has 0 aromatic rings. The summed E-state index contributed by atoms with van der Waals surface area (Å²) in [5.74, 6) is -1.20. The molecule has 0 saturated heterocycles. The van der Waals surface area contributed by atoms with Crippen LogP contribution in [0.3, 0.4) is 0 Å². The van der Waals surface area contributed by atoms with Crippen LogP contribution in [0.15, 0.2) is 0 Å². The zero-order valence-corrected chi connectivity index (χ0v) is 10.5. The number of carbonyl (C=O) groups is 1. The van der Waals surface area contributed by atoms with Gasteiger partial charge in [-0.3, -0.25) is 4.79 Å². The van der Waals surface area contributed by atoms with Gasteiger partial charge in [-0.1, -0.05) is 0 Å². The second kappa shape index (κ2) is 4.31. The first-order chi connectivity index (χ1) is 7.11. The van der Waals surface area contributed by atoms with E-state index in [0.29, 0.717) is 0 Å². The fourth-order valence-electron chi connectivity index (χ4n) is 1.38. The Labute approximate surface area is 95.6 Å². The van der Waals surface area contributed by atoms with Crippen LogP contribution in [0.25, 0.3) is 0 Å². The fraction of sp³-hybridized carbons (Fsp3) is 0.889. The average molecular weight is 250 g/mol. The molecule has 1 aliphatic carbocycles. The van der Waals surface area contributed by atoms with Crippen LogP contribution in [-0.4, -0.2) is 31.1 Å². The SMILES string of the molecule is CC(C)(C)NS(=O)(=O)NC(C(=O)O)C1CC1. The summed E-state index contributed by atoms with van der Waals surface area (Å²) in [6.07, 6.45) is 1.52. The van der Waals surface area contributed by atoms with E-state index in [1.165, 1.54) is 0 Å². The topological polar surface area (TPSA) is 95.5 Å². The molecule has 6 nitrogen and oxygen atoms in total. The van der Waals surface area contributed by atoms with E-state index in [-0.39, 0.29) is 5.92 Å².